The van der Waals surface area contributed by atoms with Gasteiger partial charge in [-0.25, -0.2) is 16.8 Å². The molecule has 5 atom stereocenters. The van der Waals surface area contributed by atoms with Crippen molar-refractivity contribution in [3.63, 3.8) is 0 Å². The highest BCUT2D eigenvalue weighted by atomic mass is 32.2. The smallest absolute Gasteiger partial charge is 0.166 e. The lowest BCUT2D eigenvalue weighted by Gasteiger charge is -2.37. The highest BCUT2D eigenvalue weighted by molar-refractivity contribution is 7.86. The number of hydrogen-bond donors (Lipinski definition) is 0. The van der Waals surface area contributed by atoms with Gasteiger partial charge in [-0.3, -0.25) is 9.59 Å². The summed E-state index contributed by atoms with van der Waals surface area (Å²) in [5.41, 5.74) is -1.28. The predicted molar refractivity (Wildman–Crippen MR) is 139 cm³/mol. The third-order valence-electron chi connectivity index (χ3n) is 11.0. The second kappa shape index (κ2) is 8.32. The van der Waals surface area contributed by atoms with Gasteiger partial charge in [-0.1, -0.05) is 52.0 Å². The van der Waals surface area contributed by atoms with E-state index in [-0.39, 0.29) is 29.3 Å². The lowest BCUT2D eigenvalue weighted by molar-refractivity contribution is -0.131. The third kappa shape index (κ3) is 3.89. The van der Waals surface area contributed by atoms with Gasteiger partial charge in [0.2, 0.25) is 0 Å². The fourth-order valence-corrected chi connectivity index (χ4v) is 11.3. The quantitative estimate of drug-likeness (QED) is 0.363. The molecule has 0 radical (unpaired) electrons. The van der Waals surface area contributed by atoms with Gasteiger partial charge in [0.05, 0.1) is 37.2 Å². The third-order valence-corrected chi connectivity index (χ3v) is 12.7. The Labute approximate surface area is 224 Å². The number of rotatable bonds is 7. The van der Waals surface area contributed by atoms with Crippen LogP contribution in [-0.2, 0) is 36.2 Å². The molecule has 0 aliphatic heterocycles. The number of Topliss-reactive ketones (excluding diaryl/α,β-unsaturated/α-hetero) is 2. The molecule has 4 bridgehead atoms. The lowest BCUT2D eigenvalue weighted by Crippen LogP contribution is -2.43. The van der Waals surface area contributed by atoms with E-state index in [4.69, 9.17) is 0 Å². The van der Waals surface area contributed by atoms with E-state index in [9.17, 15) is 35.5 Å². The fraction of sp³-hybridized carbons (Fsp3) is 0.643. The normalized spacial score (nSPS) is 36.5. The number of ketones is 2. The number of allylic oxidation sites excluding steroid dienone is 1. The van der Waals surface area contributed by atoms with Crippen molar-refractivity contribution in [1.82, 2.24) is 0 Å². The lowest BCUT2D eigenvalue weighted by atomic mass is 9.70. The molecule has 0 saturated heterocycles. The van der Waals surface area contributed by atoms with Gasteiger partial charge in [0, 0.05) is 16.9 Å². The molecule has 0 amide bonds. The Morgan fingerprint density at radius 2 is 1.39 bits per heavy atom. The first-order valence-corrected chi connectivity index (χ1v) is 16.3. The van der Waals surface area contributed by atoms with Crippen molar-refractivity contribution in [2.75, 3.05) is 11.5 Å². The first kappa shape index (κ1) is 27.7. The summed E-state index contributed by atoms with van der Waals surface area (Å²) < 4.78 is 69.9. The van der Waals surface area contributed by atoms with Gasteiger partial charge in [-0.2, -0.15) is 0 Å². The van der Waals surface area contributed by atoms with E-state index in [1.54, 1.807) is 6.08 Å². The first-order chi connectivity index (χ1) is 17.3. The maximum atomic E-state index is 13.5. The minimum atomic E-state index is -4.58. The summed E-state index contributed by atoms with van der Waals surface area (Å²) in [7, 11) is -9.13. The van der Waals surface area contributed by atoms with Crippen LogP contribution in [0.2, 0.25) is 0 Å². The Hall–Kier alpha value is -1.88. The van der Waals surface area contributed by atoms with Gasteiger partial charge >= 0.3 is 0 Å². The molecule has 0 N–H and O–H groups in total. The maximum Gasteiger partial charge on any atom is 0.166 e. The van der Waals surface area contributed by atoms with Crippen LogP contribution in [-0.4, -0.2) is 49.0 Å². The molecule has 5 rings (SSSR count). The highest BCUT2D eigenvalue weighted by Gasteiger charge is 2.69. The van der Waals surface area contributed by atoms with Gasteiger partial charge in [0.15, 0.2) is 5.78 Å². The van der Waals surface area contributed by atoms with Gasteiger partial charge in [0.1, 0.15) is 5.78 Å². The van der Waals surface area contributed by atoms with E-state index in [0.717, 1.165) is 11.1 Å². The predicted octanol–water partition coefficient (Wildman–Crippen LogP) is 3.33. The van der Waals surface area contributed by atoms with Crippen molar-refractivity contribution in [3.05, 3.63) is 41.0 Å². The van der Waals surface area contributed by atoms with E-state index in [2.05, 4.69) is 0 Å². The SMILES string of the molecule is CC1(C)C2CCC1(CS(=O)(=O)[O-])C(=O)/C2=C/c1ccc(CC2C(=O)C3(CS(=O)(=O)[O-])CCC2C3(C)C)cc1. The van der Waals surface area contributed by atoms with Crippen molar-refractivity contribution in [3.8, 4) is 0 Å². The largest absolute Gasteiger partial charge is 0.748 e. The maximum absolute atomic E-state index is 13.5. The number of fused-ring (bicyclic) bond motifs is 4. The van der Waals surface area contributed by atoms with Crippen LogP contribution in [0.15, 0.2) is 29.8 Å². The molecular weight excluding hydrogens is 528 g/mol. The Morgan fingerprint density at radius 1 is 0.842 bits per heavy atom. The van der Waals surface area contributed by atoms with Gasteiger partial charge in [-0.05, 0) is 72.0 Å². The molecular formula is C28H34O8S2-2. The molecule has 1 aromatic rings. The molecule has 1 aromatic carbocycles. The summed E-state index contributed by atoms with van der Waals surface area (Å²) in [4.78, 5) is 26.9. The zero-order valence-corrected chi connectivity index (χ0v) is 23.8. The van der Waals surface area contributed by atoms with Crippen LogP contribution < -0.4 is 0 Å². The van der Waals surface area contributed by atoms with Gasteiger partial charge < -0.3 is 9.11 Å². The van der Waals surface area contributed by atoms with Gasteiger partial charge in [-0.15, -0.1) is 0 Å². The minimum Gasteiger partial charge on any atom is -0.748 e. The van der Waals surface area contributed by atoms with Crippen molar-refractivity contribution >= 4 is 37.9 Å². The molecule has 10 heteroatoms. The molecule has 0 spiro atoms. The van der Waals surface area contributed by atoms with E-state index in [1.165, 1.54) is 0 Å². The van der Waals surface area contributed by atoms with Crippen LogP contribution in [0.5, 0.6) is 0 Å². The number of hydrogen-bond acceptors (Lipinski definition) is 8. The van der Waals surface area contributed by atoms with Crippen molar-refractivity contribution in [1.29, 1.82) is 0 Å². The second-order valence-corrected chi connectivity index (χ2v) is 15.9. The van der Waals surface area contributed by atoms with E-state index in [0.29, 0.717) is 37.7 Å². The number of carbonyl (C=O) groups excluding carboxylic acids is 2. The van der Waals surface area contributed by atoms with E-state index >= 15 is 0 Å². The molecule has 4 saturated carbocycles. The monoisotopic (exact) mass is 562 g/mol. The Kier molecular flexibility index (Phi) is 6.06. The molecule has 0 aromatic heterocycles. The zero-order chi connectivity index (χ0) is 28.1. The van der Waals surface area contributed by atoms with Crippen molar-refractivity contribution < 1.29 is 35.5 Å². The van der Waals surface area contributed by atoms with Crippen LogP contribution >= 0.6 is 0 Å². The zero-order valence-electron chi connectivity index (χ0n) is 22.2. The van der Waals surface area contributed by atoms with Crippen molar-refractivity contribution in [2.24, 2.45) is 39.4 Å². The standard InChI is InChI=1S/C28H36O8S2/c1-25(2)21-9-11-27(25,15-37(31,32)33)23(29)19(21)13-17-5-7-18(8-6-17)14-20-22-10-12-28(24(20)30,26(22,3)4)16-38(34,35)36/h5-8,13,20-22H,9-12,14-16H2,1-4H3,(H,31,32,33)(H,34,35,36)/p-2/b19-13+. The molecule has 4 aliphatic rings. The molecule has 208 valence electrons. The van der Waals surface area contributed by atoms with E-state index in [1.807, 2.05) is 52.0 Å². The van der Waals surface area contributed by atoms with Gasteiger partial charge in [0.25, 0.3) is 0 Å². The van der Waals surface area contributed by atoms with Crippen LogP contribution in [0.1, 0.15) is 64.5 Å². The average Bonchev–Trinajstić information content (AvgIpc) is 3.27. The first-order valence-electron chi connectivity index (χ1n) is 13.1. The molecule has 0 heterocycles. The average molecular weight is 563 g/mol. The molecule has 8 nitrogen and oxygen atoms in total. The summed E-state index contributed by atoms with van der Waals surface area (Å²) in [5.74, 6) is -2.19. The Balaban J connectivity index is 1.38. The van der Waals surface area contributed by atoms with Crippen molar-refractivity contribution in [2.45, 2.75) is 59.8 Å². The molecule has 38 heavy (non-hydrogen) atoms. The van der Waals surface area contributed by atoms with Crippen LogP contribution in [0, 0.1) is 39.4 Å². The summed E-state index contributed by atoms with van der Waals surface area (Å²) in [5, 5.41) is 0. The Bertz CT molecular complexity index is 1450. The molecule has 4 fully saturated rings. The van der Waals surface area contributed by atoms with Crippen LogP contribution in [0.25, 0.3) is 6.08 Å². The van der Waals surface area contributed by atoms with Crippen LogP contribution in [0.4, 0.5) is 0 Å². The summed E-state index contributed by atoms with van der Waals surface area (Å²) in [6, 6.07) is 7.48. The molecule has 4 aliphatic carbocycles. The molecule has 5 unspecified atom stereocenters. The second-order valence-electron chi connectivity index (χ2n) is 13.1. The Morgan fingerprint density at radius 3 is 1.97 bits per heavy atom. The number of carbonyl (C=O) groups is 2. The van der Waals surface area contributed by atoms with E-state index < -0.39 is 53.4 Å². The highest BCUT2D eigenvalue weighted by Crippen LogP contribution is 2.67. The minimum absolute atomic E-state index is 0.000851. The summed E-state index contributed by atoms with van der Waals surface area (Å²) in [6.07, 6.45) is 4.42. The van der Waals surface area contributed by atoms with Crippen LogP contribution in [0.3, 0.4) is 0 Å². The summed E-state index contributed by atoms with van der Waals surface area (Å²) >= 11 is 0. The summed E-state index contributed by atoms with van der Waals surface area (Å²) in [6.45, 7) is 7.55. The number of benzene rings is 1. The fourth-order valence-electron chi connectivity index (χ4n) is 8.76. The topological polar surface area (TPSA) is 149 Å².